The van der Waals surface area contributed by atoms with Crippen LogP contribution in [0.1, 0.15) is 83.6 Å². The Morgan fingerprint density at radius 1 is 1.07 bits per heavy atom. The smallest absolute Gasteiger partial charge is 0.408 e. The molecule has 17 heteroatoms. The maximum Gasteiger partial charge on any atom is 0.408 e. The highest BCUT2D eigenvalue weighted by Crippen LogP contribution is 2.73. The number of benzene rings is 2. The third-order valence-corrected chi connectivity index (χ3v) is 16.4. The quantitative estimate of drug-likeness (QED) is 0.0577. The number of carbonyl (C=O) groups is 3. The molecule has 0 spiro atoms. The van der Waals surface area contributed by atoms with Crippen LogP contribution in [0.3, 0.4) is 0 Å². The predicted octanol–water partition coefficient (Wildman–Crippen LogP) is 8.36. The van der Waals surface area contributed by atoms with Crippen LogP contribution in [0.2, 0.25) is 0 Å². The summed E-state index contributed by atoms with van der Waals surface area (Å²) in [5.74, 6) is -4.42. The summed E-state index contributed by atoms with van der Waals surface area (Å²) in [6.45, 7) is 10.5. The van der Waals surface area contributed by atoms with Crippen LogP contribution >= 0.6 is 23.3 Å². The molecule has 0 bridgehead atoms. The number of allylic oxidation sites excluding steroid dienone is 1. The Morgan fingerprint density at radius 3 is 2.34 bits per heavy atom. The minimum Gasteiger partial charge on any atom is -0.446 e. The van der Waals surface area contributed by atoms with Crippen LogP contribution in [0, 0.1) is 23.5 Å². The van der Waals surface area contributed by atoms with Crippen LogP contribution in [-0.4, -0.2) is 73.9 Å². The van der Waals surface area contributed by atoms with Crippen molar-refractivity contribution in [2.75, 3.05) is 13.2 Å². The van der Waals surface area contributed by atoms with E-state index in [9.17, 15) is 36.1 Å². The van der Waals surface area contributed by atoms with Crippen molar-refractivity contribution >= 4 is 51.3 Å². The number of hydrogen-bond donors (Lipinski definition) is 2. The molecule has 3 fully saturated rings. The van der Waals surface area contributed by atoms with Gasteiger partial charge in [0.1, 0.15) is 35.1 Å². The van der Waals surface area contributed by atoms with Gasteiger partial charge in [0.25, 0.3) is 10.1 Å². The van der Waals surface area contributed by atoms with E-state index in [4.69, 9.17) is 13.4 Å². The van der Waals surface area contributed by atoms with E-state index in [1.165, 1.54) is 41.3 Å². The molecule has 2 saturated carbocycles. The predicted molar refractivity (Wildman–Crippen MR) is 218 cm³/mol. The molecule has 318 valence electrons. The molecule has 0 radical (unpaired) electrons. The summed E-state index contributed by atoms with van der Waals surface area (Å²) < 4.78 is 89.5. The van der Waals surface area contributed by atoms with Gasteiger partial charge in [0.15, 0.2) is 0 Å². The van der Waals surface area contributed by atoms with Crippen molar-refractivity contribution < 1.29 is 49.6 Å². The zero-order valence-corrected chi connectivity index (χ0v) is 36.2. The van der Waals surface area contributed by atoms with Gasteiger partial charge >= 0.3 is 6.09 Å². The van der Waals surface area contributed by atoms with Gasteiger partial charge in [-0.25, -0.2) is 13.6 Å². The van der Waals surface area contributed by atoms with Crippen LogP contribution < -0.4 is 10.6 Å². The van der Waals surface area contributed by atoms with Gasteiger partial charge in [-0.3, -0.25) is 18.3 Å². The van der Waals surface area contributed by atoms with Crippen molar-refractivity contribution in [3.63, 3.8) is 0 Å². The second-order valence-corrected chi connectivity index (χ2v) is 20.5. The first-order valence-corrected chi connectivity index (χ1v) is 23.8. The number of ether oxygens (including phenoxy) is 1. The Balaban J connectivity index is 1.48. The van der Waals surface area contributed by atoms with E-state index in [1.54, 1.807) is 19.9 Å². The van der Waals surface area contributed by atoms with Gasteiger partial charge in [-0.05, 0) is 101 Å². The normalized spacial score (nSPS) is 24.0. The third-order valence-electron chi connectivity index (χ3n) is 11.2. The fourth-order valence-corrected chi connectivity index (χ4v) is 12.4. The second-order valence-electron chi connectivity index (χ2n) is 15.3. The molecular formula is C41H53BrF2N3O9PS. The van der Waals surface area contributed by atoms with E-state index >= 15 is 0 Å². The molecule has 1 saturated heterocycles. The van der Waals surface area contributed by atoms with E-state index in [1.807, 2.05) is 0 Å². The number of nitrogens with zero attached hydrogens (tertiary/aromatic N) is 1. The molecule has 2 N–H and O–H groups in total. The Kier molecular flexibility index (Phi) is 15.5. The number of halogens is 3. The summed E-state index contributed by atoms with van der Waals surface area (Å²) in [6, 6.07) is 6.46. The van der Waals surface area contributed by atoms with Crippen LogP contribution in [0.5, 0.6) is 0 Å². The van der Waals surface area contributed by atoms with Gasteiger partial charge in [-0.2, -0.15) is 8.42 Å². The lowest BCUT2D eigenvalue weighted by Gasteiger charge is -2.34. The van der Waals surface area contributed by atoms with E-state index < -0.39 is 94.1 Å². The SMILES string of the molecule is C=CCCCC[C@@H](C)[C@H](NC(=O)OC1CCCC1)C(=O)N1C[C@@H](OS(=O)(=O)c2ccc(Br)cc2)C[C@H]1C(=O)N[C@]1(P(=O)(Cc2c(F)cccc2F)OCC)C[C@H]1C=C. The Hall–Kier alpha value is -3.43. The first kappa shape index (κ1) is 45.7. The molecular weight excluding hydrogens is 859 g/mol. The molecule has 2 aromatic rings. The molecule has 2 aliphatic carbocycles. The van der Waals surface area contributed by atoms with E-state index in [-0.39, 0.29) is 37.0 Å². The van der Waals surface area contributed by atoms with Gasteiger partial charge < -0.3 is 24.8 Å². The fraction of sp³-hybridized carbons (Fsp3) is 0.537. The van der Waals surface area contributed by atoms with Gasteiger partial charge in [0.05, 0.1) is 23.8 Å². The Bertz CT molecular complexity index is 1960. The van der Waals surface area contributed by atoms with Crippen molar-refractivity contribution in [1.82, 2.24) is 15.5 Å². The average Bonchev–Trinajstić information content (AvgIpc) is 3.44. The number of nitrogens with one attached hydrogen (secondary N) is 2. The number of unbranched alkanes of at least 4 members (excludes halogenated alkanes) is 2. The molecule has 7 atom stereocenters. The standard InChI is InChI=1S/C41H53BrF2N3O9PS/c1-5-8-9-10-14-27(4)37(45-40(50)55-30-15-11-12-16-30)39(49)47-25-31(56-58(52,53)32-21-19-29(42)20-22-32)23-36(47)38(48)46-41(24-28(41)6-2)57(51,54-7-3)26-33-34(43)17-13-18-35(33)44/h5-6,13,17-22,27-28,30-31,36-37H,1-2,7-12,14-16,23-26H2,3-4H3,(H,45,50)(H,46,48)/t27-,28-,31+,36+,37+,41+,57?/m1/s1. The lowest BCUT2D eigenvalue weighted by atomic mass is 9.94. The Morgan fingerprint density at radius 2 is 1.74 bits per heavy atom. The zero-order valence-electron chi connectivity index (χ0n) is 32.9. The van der Waals surface area contributed by atoms with Crippen molar-refractivity contribution in [3.8, 4) is 0 Å². The molecule has 58 heavy (non-hydrogen) atoms. The molecule has 1 heterocycles. The summed E-state index contributed by atoms with van der Waals surface area (Å²) in [6.07, 6.45) is 6.08. The Labute approximate surface area is 348 Å². The molecule has 3 aliphatic rings. The van der Waals surface area contributed by atoms with Crippen LogP contribution in [-0.2, 0) is 43.9 Å². The first-order chi connectivity index (χ1) is 27.6. The second kappa shape index (κ2) is 19.8. The van der Waals surface area contributed by atoms with Gasteiger partial charge in [-0.15, -0.1) is 13.2 Å². The van der Waals surface area contributed by atoms with E-state index in [2.05, 4.69) is 39.7 Å². The average molecular weight is 913 g/mol. The zero-order chi connectivity index (χ0) is 42.3. The monoisotopic (exact) mass is 911 g/mol. The molecule has 12 nitrogen and oxygen atoms in total. The number of amides is 3. The van der Waals surface area contributed by atoms with Crippen LogP contribution in [0.25, 0.3) is 0 Å². The molecule has 1 unspecified atom stereocenters. The number of hydrogen-bond acceptors (Lipinski definition) is 9. The number of rotatable bonds is 20. The fourth-order valence-electron chi connectivity index (χ4n) is 7.94. The lowest BCUT2D eigenvalue weighted by Crippen LogP contribution is -2.57. The summed E-state index contributed by atoms with van der Waals surface area (Å²) in [5, 5.41) is 3.95. The van der Waals surface area contributed by atoms with Crippen LogP contribution in [0.4, 0.5) is 13.6 Å². The summed E-state index contributed by atoms with van der Waals surface area (Å²) in [5.41, 5.74) is -0.465. The number of alkyl carbamates (subject to hydrolysis) is 1. The summed E-state index contributed by atoms with van der Waals surface area (Å²) in [4.78, 5) is 43.7. The maximum atomic E-state index is 15.0. The minimum absolute atomic E-state index is 0.0626. The topological polar surface area (TPSA) is 157 Å². The largest absolute Gasteiger partial charge is 0.446 e. The molecule has 3 amide bonds. The van der Waals surface area contributed by atoms with Gasteiger partial charge in [0.2, 0.25) is 19.2 Å². The summed E-state index contributed by atoms with van der Waals surface area (Å²) >= 11 is 3.29. The highest BCUT2D eigenvalue weighted by Gasteiger charge is 2.67. The molecule has 5 rings (SSSR count). The first-order valence-electron chi connectivity index (χ1n) is 19.8. The van der Waals surface area contributed by atoms with Crippen molar-refractivity contribution in [2.45, 2.75) is 119 Å². The molecule has 0 aromatic heterocycles. The highest BCUT2D eigenvalue weighted by atomic mass is 79.9. The third kappa shape index (κ3) is 10.7. The van der Waals surface area contributed by atoms with Crippen molar-refractivity contribution in [2.24, 2.45) is 11.8 Å². The van der Waals surface area contributed by atoms with Crippen molar-refractivity contribution in [1.29, 1.82) is 0 Å². The lowest BCUT2D eigenvalue weighted by molar-refractivity contribution is -0.141. The van der Waals surface area contributed by atoms with Gasteiger partial charge in [-0.1, -0.05) is 47.5 Å². The number of likely N-dealkylation sites (tertiary alicyclic amines) is 1. The summed E-state index contributed by atoms with van der Waals surface area (Å²) in [7, 11) is -8.57. The maximum absolute atomic E-state index is 15.0. The number of carbonyl (C=O) groups excluding carboxylic acids is 3. The molecule has 2 aromatic carbocycles. The van der Waals surface area contributed by atoms with E-state index in [0.29, 0.717) is 30.2 Å². The van der Waals surface area contributed by atoms with Crippen molar-refractivity contribution in [3.05, 3.63) is 89.4 Å². The van der Waals surface area contributed by atoms with Crippen LogP contribution in [0.15, 0.2) is 77.1 Å². The minimum atomic E-state index is -4.39. The van der Waals surface area contributed by atoms with E-state index in [0.717, 1.165) is 37.8 Å². The highest BCUT2D eigenvalue weighted by molar-refractivity contribution is 9.10. The molecule has 1 aliphatic heterocycles. The van der Waals surface area contributed by atoms with Gasteiger partial charge in [0, 0.05) is 28.9 Å².